The number of amides is 3. The van der Waals surface area contributed by atoms with Gasteiger partial charge < -0.3 is 10.1 Å². The molecule has 3 aromatic rings. The van der Waals surface area contributed by atoms with Gasteiger partial charge in [-0.15, -0.1) is 0 Å². The van der Waals surface area contributed by atoms with E-state index in [1.54, 1.807) is 18.6 Å². The van der Waals surface area contributed by atoms with Crippen molar-refractivity contribution in [2.24, 2.45) is 0 Å². The molecule has 30 heavy (non-hydrogen) atoms. The summed E-state index contributed by atoms with van der Waals surface area (Å²) in [5, 5.41) is 4.88. The minimum Gasteiger partial charge on any atom is -0.489 e. The number of hydrogen-bond acceptors (Lipinski definition) is 6. The minimum absolute atomic E-state index is 0.374. The quantitative estimate of drug-likeness (QED) is 0.591. The van der Waals surface area contributed by atoms with Gasteiger partial charge in [-0.2, -0.15) is 0 Å². The maximum Gasteiger partial charge on any atom is 0.322 e. The third kappa shape index (κ3) is 4.44. The third-order valence-electron chi connectivity index (χ3n) is 4.63. The Morgan fingerprint density at radius 2 is 1.97 bits per heavy atom. The summed E-state index contributed by atoms with van der Waals surface area (Å²) in [5.41, 5.74) is 3.70. The first-order valence-corrected chi connectivity index (χ1v) is 10.2. The molecule has 0 aliphatic carbocycles. The summed E-state index contributed by atoms with van der Waals surface area (Å²) in [6.07, 6.45) is 5.06. The molecule has 8 heteroatoms. The number of rotatable bonds is 6. The van der Waals surface area contributed by atoms with Gasteiger partial charge in [-0.1, -0.05) is 11.8 Å². The molecular weight excluding hydrogens is 400 g/mol. The molecule has 2 N–H and O–H groups in total. The first kappa shape index (κ1) is 19.9. The number of aromatic nitrogens is 2. The Hall–Kier alpha value is -3.39. The van der Waals surface area contributed by atoms with Crippen LogP contribution in [0.5, 0.6) is 5.75 Å². The molecule has 1 saturated heterocycles. The van der Waals surface area contributed by atoms with Crippen LogP contribution >= 0.6 is 11.8 Å². The van der Waals surface area contributed by atoms with Crippen molar-refractivity contribution in [3.05, 3.63) is 77.4 Å². The average molecular weight is 420 g/mol. The van der Waals surface area contributed by atoms with Crippen molar-refractivity contribution < 1.29 is 14.3 Å². The molecule has 152 valence electrons. The summed E-state index contributed by atoms with van der Waals surface area (Å²) in [6, 6.07) is 10.5. The van der Waals surface area contributed by atoms with E-state index in [-0.39, 0.29) is 5.91 Å². The van der Waals surface area contributed by atoms with Crippen molar-refractivity contribution in [2.75, 3.05) is 0 Å². The molecule has 1 fully saturated rings. The molecule has 3 heterocycles. The molecule has 3 amide bonds. The standard InChI is InChI=1S/C22H20N4O3S/c1-13-9-16(3-4-18(13)29-12-15-5-8-24-14(2)10-15)30-19-6-7-23-11-17(19)20-21(27)26-22(28)25-20/h3-11,20H,12H2,1-2H3,(H2,25,26,27,28). The van der Waals surface area contributed by atoms with E-state index in [2.05, 4.69) is 20.6 Å². The summed E-state index contributed by atoms with van der Waals surface area (Å²) < 4.78 is 5.97. The molecular formula is C22H20N4O3S. The Kier molecular flexibility index (Phi) is 5.67. The Morgan fingerprint density at radius 3 is 2.70 bits per heavy atom. The summed E-state index contributed by atoms with van der Waals surface area (Å²) in [7, 11) is 0. The maximum atomic E-state index is 12.0. The van der Waals surface area contributed by atoms with Crippen LogP contribution in [0.3, 0.4) is 0 Å². The molecule has 0 saturated carbocycles. The highest BCUT2D eigenvalue weighted by atomic mass is 32.2. The molecule has 0 spiro atoms. The largest absolute Gasteiger partial charge is 0.489 e. The van der Waals surface area contributed by atoms with Gasteiger partial charge in [0.05, 0.1) is 0 Å². The molecule has 1 atom stereocenters. The van der Waals surface area contributed by atoms with Crippen molar-refractivity contribution in [1.82, 2.24) is 20.6 Å². The lowest BCUT2D eigenvalue weighted by Crippen LogP contribution is -2.22. The molecule has 1 aliphatic heterocycles. The van der Waals surface area contributed by atoms with Crippen LogP contribution in [0.25, 0.3) is 0 Å². The predicted octanol–water partition coefficient (Wildman–Crippen LogP) is 3.70. The first-order chi connectivity index (χ1) is 14.5. The van der Waals surface area contributed by atoms with Crippen LogP contribution < -0.4 is 15.4 Å². The number of carbonyl (C=O) groups excluding carboxylic acids is 2. The van der Waals surface area contributed by atoms with E-state index in [0.29, 0.717) is 12.2 Å². The number of aryl methyl sites for hydroxylation is 2. The SMILES string of the molecule is Cc1cc(COc2ccc(Sc3ccncc3C3NC(=O)NC3=O)cc2C)ccn1. The van der Waals surface area contributed by atoms with Crippen LogP contribution in [0.4, 0.5) is 4.79 Å². The number of imide groups is 1. The van der Waals surface area contributed by atoms with Crippen LogP contribution in [-0.4, -0.2) is 21.9 Å². The van der Waals surface area contributed by atoms with E-state index < -0.39 is 12.1 Å². The van der Waals surface area contributed by atoms with E-state index in [0.717, 1.165) is 32.4 Å². The van der Waals surface area contributed by atoms with Gasteiger partial charge >= 0.3 is 6.03 Å². The molecule has 1 unspecified atom stereocenters. The number of nitrogens with one attached hydrogen (secondary N) is 2. The Labute approximate surface area is 178 Å². The van der Waals surface area contributed by atoms with Gasteiger partial charge in [0.25, 0.3) is 5.91 Å². The Bertz CT molecular complexity index is 1120. The van der Waals surface area contributed by atoms with E-state index in [1.807, 2.05) is 50.2 Å². The van der Waals surface area contributed by atoms with Gasteiger partial charge in [0, 0.05) is 39.6 Å². The predicted molar refractivity (Wildman–Crippen MR) is 112 cm³/mol. The summed E-state index contributed by atoms with van der Waals surface area (Å²) in [6.45, 7) is 4.42. The van der Waals surface area contributed by atoms with Gasteiger partial charge in [-0.3, -0.25) is 20.1 Å². The number of nitrogens with zero attached hydrogens (tertiary/aromatic N) is 2. The highest BCUT2D eigenvalue weighted by Gasteiger charge is 2.32. The smallest absolute Gasteiger partial charge is 0.322 e. The number of benzene rings is 1. The fourth-order valence-electron chi connectivity index (χ4n) is 3.17. The van der Waals surface area contributed by atoms with E-state index >= 15 is 0 Å². The molecule has 1 aliphatic rings. The maximum absolute atomic E-state index is 12.0. The molecule has 2 aromatic heterocycles. The van der Waals surface area contributed by atoms with Gasteiger partial charge in [0.2, 0.25) is 0 Å². The van der Waals surface area contributed by atoms with Crippen molar-refractivity contribution in [2.45, 2.75) is 36.3 Å². The Balaban J connectivity index is 1.49. The number of urea groups is 1. The zero-order chi connectivity index (χ0) is 21.1. The lowest BCUT2D eigenvalue weighted by molar-refractivity contribution is -0.120. The normalized spacial score (nSPS) is 15.6. The van der Waals surface area contributed by atoms with Gasteiger partial charge in [-0.05, 0) is 61.4 Å². The highest BCUT2D eigenvalue weighted by molar-refractivity contribution is 7.99. The van der Waals surface area contributed by atoms with E-state index in [4.69, 9.17) is 4.74 Å². The fraction of sp³-hybridized carbons (Fsp3) is 0.182. The van der Waals surface area contributed by atoms with Crippen LogP contribution in [-0.2, 0) is 11.4 Å². The number of pyridine rings is 2. The van der Waals surface area contributed by atoms with Gasteiger partial charge in [-0.25, -0.2) is 4.79 Å². The molecule has 0 radical (unpaired) electrons. The van der Waals surface area contributed by atoms with Crippen LogP contribution in [0, 0.1) is 13.8 Å². The van der Waals surface area contributed by atoms with Gasteiger partial charge in [0.1, 0.15) is 18.4 Å². The lowest BCUT2D eigenvalue weighted by Gasteiger charge is -2.14. The topological polar surface area (TPSA) is 93.2 Å². The number of carbonyl (C=O) groups is 2. The van der Waals surface area contributed by atoms with Crippen molar-refractivity contribution >= 4 is 23.7 Å². The minimum atomic E-state index is -0.735. The first-order valence-electron chi connectivity index (χ1n) is 9.38. The Morgan fingerprint density at radius 1 is 1.10 bits per heavy atom. The van der Waals surface area contributed by atoms with Gasteiger partial charge in [0.15, 0.2) is 0 Å². The second-order valence-electron chi connectivity index (χ2n) is 6.93. The number of ether oxygens (including phenoxy) is 1. The highest BCUT2D eigenvalue weighted by Crippen LogP contribution is 2.35. The zero-order valence-electron chi connectivity index (χ0n) is 16.5. The summed E-state index contributed by atoms with van der Waals surface area (Å²) >= 11 is 1.51. The van der Waals surface area contributed by atoms with Crippen LogP contribution in [0.2, 0.25) is 0 Å². The van der Waals surface area contributed by atoms with Crippen molar-refractivity contribution in [1.29, 1.82) is 0 Å². The third-order valence-corrected chi connectivity index (χ3v) is 5.71. The fourth-order valence-corrected chi connectivity index (χ4v) is 4.21. The summed E-state index contributed by atoms with van der Waals surface area (Å²) in [4.78, 5) is 33.7. The van der Waals surface area contributed by atoms with E-state index in [9.17, 15) is 9.59 Å². The average Bonchev–Trinajstić information content (AvgIpc) is 3.06. The van der Waals surface area contributed by atoms with Crippen molar-refractivity contribution in [3.8, 4) is 5.75 Å². The van der Waals surface area contributed by atoms with Crippen LogP contribution in [0.15, 0.2) is 64.8 Å². The molecule has 0 bridgehead atoms. The zero-order valence-corrected chi connectivity index (χ0v) is 17.3. The monoisotopic (exact) mass is 420 g/mol. The van der Waals surface area contributed by atoms with Crippen molar-refractivity contribution in [3.63, 3.8) is 0 Å². The molecule has 7 nitrogen and oxygen atoms in total. The second kappa shape index (κ2) is 8.54. The molecule has 4 rings (SSSR count). The number of hydrogen-bond donors (Lipinski definition) is 2. The lowest BCUT2D eigenvalue weighted by atomic mass is 10.1. The van der Waals surface area contributed by atoms with Crippen LogP contribution in [0.1, 0.15) is 28.4 Å². The molecule has 1 aromatic carbocycles. The second-order valence-corrected chi connectivity index (χ2v) is 8.05. The van der Waals surface area contributed by atoms with E-state index in [1.165, 1.54) is 11.8 Å². The summed E-state index contributed by atoms with van der Waals surface area (Å²) in [5.74, 6) is 0.437.